The van der Waals surface area contributed by atoms with Crippen LogP contribution in [0.3, 0.4) is 0 Å². The van der Waals surface area contributed by atoms with Gasteiger partial charge in [0, 0.05) is 18.2 Å². The Kier molecular flexibility index (Phi) is 6.80. The summed E-state index contributed by atoms with van der Waals surface area (Å²) in [6.45, 7) is 10.6. The summed E-state index contributed by atoms with van der Waals surface area (Å²) in [7, 11) is -2.07. The van der Waals surface area contributed by atoms with Crippen molar-refractivity contribution in [2.75, 3.05) is 11.9 Å². The van der Waals surface area contributed by atoms with Crippen molar-refractivity contribution in [2.45, 2.75) is 63.8 Å². The van der Waals surface area contributed by atoms with Crippen LogP contribution in [0.2, 0.25) is 18.1 Å². The lowest BCUT2D eigenvalue weighted by Crippen LogP contribution is -2.46. The van der Waals surface area contributed by atoms with Gasteiger partial charge in [0.25, 0.3) is 5.91 Å². The summed E-state index contributed by atoms with van der Waals surface area (Å²) in [5, 5.41) is 12.4. The molecule has 31 heavy (non-hydrogen) atoms. The van der Waals surface area contributed by atoms with Gasteiger partial charge in [-0.05, 0) is 36.3 Å². The second-order valence-electron chi connectivity index (χ2n) is 9.29. The summed E-state index contributed by atoms with van der Waals surface area (Å²) < 4.78 is 13.7. The molecule has 1 aromatic carbocycles. The van der Waals surface area contributed by atoms with Crippen molar-refractivity contribution in [1.82, 2.24) is 9.55 Å². The molecule has 1 aromatic heterocycles. The van der Waals surface area contributed by atoms with E-state index in [0.29, 0.717) is 12.0 Å². The number of hydrogen-bond acceptors (Lipinski definition) is 6. The molecule has 0 radical (unpaired) electrons. The minimum Gasteiger partial charge on any atom is -0.411 e. The van der Waals surface area contributed by atoms with Crippen LogP contribution in [0.25, 0.3) is 0 Å². The molecular formula is C22H31N3O5Si. The lowest BCUT2D eigenvalue weighted by molar-refractivity contribution is -0.0438. The molecule has 2 aromatic rings. The van der Waals surface area contributed by atoms with Crippen LogP contribution in [0.5, 0.6) is 0 Å². The van der Waals surface area contributed by atoms with E-state index in [4.69, 9.17) is 9.16 Å². The maximum Gasteiger partial charge on any atom is 0.351 e. The number of anilines is 1. The minimum absolute atomic E-state index is 0.0160. The predicted octanol–water partition coefficient (Wildman–Crippen LogP) is 3.17. The fourth-order valence-electron chi connectivity index (χ4n) is 3.19. The number of aliphatic hydroxyl groups is 1. The van der Waals surface area contributed by atoms with Gasteiger partial charge < -0.3 is 19.6 Å². The molecule has 1 aliphatic heterocycles. The van der Waals surface area contributed by atoms with Crippen molar-refractivity contribution in [3.05, 3.63) is 58.6 Å². The highest BCUT2D eigenvalue weighted by Gasteiger charge is 2.45. The smallest absolute Gasteiger partial charge is 0.351 e. The van der Waals surface area contributed by atoms with Crippen LogP contribution in [-0.4, -0.2) is 47.7 Å². The third-order valence-corrected chi connectivity index (χ3v) is 10.5. The molecule has 168 valence electrons. The minimum atomic E-state index is -2.07. The molecule has 1 saturated heterocycles. The highest BCUT2D eigenvalue weighted by atomic mass is 28.4. The first kappa shape index (κ1) is 23.3. The average Bonchev–Trinajstić information content (AvgIpc) is 3.09. The van der Waals surface area contributed by atoms with Gasteiger partial charge >= 0.3 is 5.69 Å². The van der Waals surface area contributed by atoms with Crippen LogP contribution in [0.15, 0.2) is 47.4 Å². The first-order valence-corrected chi connectivity index (χ1v) is 13.3. The van der Waals surface area contributed by atoms with Crippen LogP contribution >= 0.6 is 0 Å². The number of benzene rings is 1. The molecule has 2 heterocycles. The molecule has 9 heteroatoms. The highest BCUT2D eigenvalue weighted by molar-refractivity contribution is 6.74. The lowest BCUT2D eigenvalue weighted by atomic mass is 10.2. The number of amides is 1. The van der Waals surface area contributed by atoms with Gasteiger partial charge in [-0.3, -0.25) is 9.36 Å². The summed E-state index contributed by atoms with van der Waals surface area (Å²) in [6, 6.07) is 10.3. The van der Waals surface area contributed by atoms with Crippen LogP contribution in [0, 0.1) is 0 Å². The molecular weight excluding hydrogens is 414 g/mol. The fourth-order valence-corrected chi connectivity index (χ4v) is 4.55. The Hall–Kier alpha value is -2.33. The number of ether oxygens (including phenoxy) is 1. The van der Waals surface area contributed by atoms with E-state index in [0.717, 1.165) is 0 Å². The zero-order chi connectivity index (χ0) is 22.8. The maximum atomic E-state index is 12.6. The van der Waals surface area contributed by atoms with Crippen LogP contribution in [0.4, 0.5) is 5.82 Å². The Balaban J connectivity index is 1.73. The number of aromatic nitrogens is 2. The highest BCUT2D eigenvalue weighted by Crippen LogP contribution is 2.40. The number of carbonyl (C=O) groups is 1. The van der Waals surface area contributed by atoms with Gasteiger partial charge in [0.1, 0.15) is 18.1 Å². The molecule has 0 saturated carbocycles. The first-order valence-electron chi connectivity index (χ1n) is 10.4. The Morgan fingerprint density at radius 1 is 1.29 bits per heavy atom. The number of nitrogens with one attached hydrogen (secondary N) is 1. The molecule has 0 unspecified atom stereocenters. The Morgan fingerprint density at radius 2 is 1.97 bits per heavy atom. The van der Waals surface area contributed by atoms with Crippen molar-refractivity contribution < 1.29 is 19.1 Å². The topological polar surface area (TPSA) is 103 Å². The zero-order valence-electron chi connectivity index (χ0n) is 18.7. The van der Waals surface area contributed by atoms with E-state index in [-0.39, 0.29) is 29.5 Å². The van der Waals surface area contributed by atoms with E-state index in [9.17, 15) is 14.7 Å². The molecule has 8 nitrogen and oxygen atoms in total. The summed E-state index contributed by atoms with van der Waals surface area (Å²) in [6.07, 6.45) is 0.577. The number of carbonyl (C=O) groups excluding carboxylic acids is 1. The molecule has 3 rings (SSSR count). The first-order chi connectivity index (χ1) is 14.5. The molecule has 0 bridgehead atoms. The molecule has 0 aliphatic carbocycles. The largest absolute Gasteiger partial charge is 0.411 e. The second kappa shape index (κ2) is 9.03. The van der Waals surface area contributed by atoms with Crippen molar-refractivity contribution >= 4 is 20.0 Å². The number of hydrogen-bond donors (Lipinski definition) is 2. The number of rotatable bonds is 6. The third kappa shape index (κ3) is 5.30. The standard InChI is InChI=1S/C22H31N3O5Si/c1-22(2,3)31(4,5)30-16-13-19(29-17(16)14-26)25-12-11-18(24-21(25)28)23-20(27)15-9-7-6-8-10-15/h6-12,16-17,19,26H,13-14H2,1-5H3,(H,23,24,27,28)/t16-,17+,19-/m0/s1. The summed E-state index contributed by atoms with van der Waals surface area (Å²) >= 11 is 0. The maximum absolute atomic E-state index is 12.6. The summed E-state index contributed by atoms with van der Waals surface area (Å²) in [5.41, 5.74) is -0.0652. The quantitative estimate of drug-likeness (QED) is 0.662. The van der Waals surface area contributed by atoms with E-state index < -0.39 is 26.3 Å². The van der Waals surface area contributed by atoms with Crippen LogP contribution in [0.1, 0.15) is 43.8 Å². The number of aliphatic hydroxyl groups excluding tert-OH is 1. The van der Waals surface area contributed by atoms with Crippen molar-refractivity contribution in [3.63, 3.8) is 0 Å². The SMILES string of the molecule is CC(C)(C)[Si](C)(C)O[C@H]1C[C@@H](n2ccc(NC(=O)c3ccccc3)nc2=O)O[C@@H]1CO. The molecule has 0 spiro atoms. The van der Waals surface area contributed by atoms with E-state index in [2.05, 4.69) is 44.2 Å². The van der Waals surface area contributed by atoms with Gasteiger partial charge in [-0.2, -0.15) is 4.98 Å². The molecule has 1 amide bonds. The summed E-state index contributed by atoms with van der Waals surface area (Å²) in [5.74, 6) is -0.175. The van der Waals surface area contributed by atoms with Crippen LogP contribution in [-0.2, 0) is 9.16 Å². The van der Waals surface area contributed by atoms with Gasteiger partial charge in [0.05, 0.1) is 12.7 Å². The second-order valence-corrected chi connectivity index (χ2v) is 14.0. The van der Waals surface area contributed by atoms with Crippen molar-refractivity contribution in [2.24, 2.45) is 0 Å². The normalized spacial score (nSPS) is 21.8. The van der Waals surface area contributed by atoms with E-state index >= 15 is 0 Å². The van der Waals surface area contributed by atoms with E-state index in [1.807, 2.05) is 6.07 Å². The zero-order valence-corrected chi connectivity index (χ0v) is 19.7. The van der Waals surface area contributed by atoms with E-state index in [1.54, 1.807) is 36.5 Å². The summed E-state index contributed by atoms with van der Waals surface area (Å²) in [4.78, 5) is 28.9. The van der Waals surface area contributed by atoms with Crippen LogP contribution < -0.4 is 11.0 Å². The Labute approximate surface area is 183 Å². The molecule has 1 fully saturated rings. The third-order valence-electron chi connectivity index (χ3n) is 6.03. The fraction of sp³-hybridized carbons (Fsp3) is 0.500. The monoisotopic (exact) mass is 445 g/mol. The Bertz CT molecular complexity index is 971. The predicted molar refractivity (Wildman–Crippen MR) is 121 cm³/mol. The Morgan fingerprint density at radius 3 is 2.55 bits per heavy atom. The van der Waals surface area contributed by atoms with Gasteiger partial charge in [0.2, 0.25) is 0 Å². The average molecular weight is 446 g/mol. The van der Waals surface area contributed by atoms with Gasteiger partial charge in [0.15, 0.2) is 8.32 Å². The molecule has 3 atom stereocenters. The van der Waals surface area contributed by atoms with Crippen molar-refractivity contribution in [3.8, 4) is 0 Å². The number of nitrogens with zero attached hydrogens (tertiary/aromatic N) is 2. The van der Waals surface area contributed by atoms with Gasteiger partial charge in [-0.15, -0.1) is 0 Å². The van der Waals surface area contributed by atoms with Gasteiger partial charge in [-0.25, -0.2) is 4.79 Å². The van der Waals surface area contributed by atoms with E-state index in [1.165, 1.54) is 4.57 Å². The van der Waals surface area contributed by atoms with Crippen molar-refractivity contribution in [1.29, 1.82) is 0 Å². The lowest BCUT2D eigenvalue weighted by Gasteiger charge is -2.39. The molecule has 2 N–H and O–H groups in total. The molecule has 1 aliphatic rings. The van der Waals surface area contributed by atoms with Gasteiger partial charge in [-0.1, -0.05) is 39.0 Å².